The minimum absolute atomic E-state index is 0.302. The zero-order valence-electron chi connectivity index (χ0n) is 6.89. The predicted molar refractivity (Wildman–Crippen MR) is 43.0 cm³/mol. The Labute approximate surface area is 62.9 Å². The van der Waals surface area contributed by atoms with Crippen molar-refractivity contribution in [3.63, 3.8) is 0 Å². The van der Waals surface area contributed by atoms with Gasteiger partial charge >= 0.3 is 0 Å². The van der Waals surface area contributed by atoms with Gasteiger partial charge in [-0.05, 0) is 13.8 Å². The van der Waals surface area contributed by atoms with E-state index in [1.165, 1.54) is 0 Å². The summed E-state index contributed by atoms with van der Waals surface area (Å²) in [6.45, 7) is 7.29. The van der Waals surface area contributed by atoms with Crippen LogP contribution < -0.4 is 11.1 Å². The molecule has 0 fully saturated rings. The topological polar surface area (TPSA) is 47.3 Å². The smallest absolute Gasteiger partial charge is 0.0671 e. The highest BCUT2D eigenvalue weighted by atomic mass is 16.5. The summed E-state index contributed by atoms with van der Waals surface area (Å²) in [6, 6.07) is 0. The molecule has 0 aliphatic carbocycles. The normalized spacial score (nSPS) is 13.5. The summed E-state index contributed by atoms with van der Waals surface area (Å²) < 4.78 is 5.29. The number of hydrogen-bond acceptors (Lipinski definition) is 3. The van der Waals surface area contributed by atoms with E-state index >= 15 is 0 Å². The Morgan fingerprint density at radius 2 is 2.30 bits per heavy atom. The fourth-order valence-electron chi connectivity index (χ4n) is 0.751. The third-order valence-electron chi connectivity index (χ3n) is 1.20. The maximum Gasteiger partial charge on any atom is 0.0671 e. The molecule has 1 unspecified atom stereocenters. The molecule has 0 aromatic rings. The second kappa shape index (κ2) is 6.99. The van der Waals surface area contributed by atoms with E-state index in [4.69, 9.17) is 10.5 Å². The van der Waals surface area contributed by atoms with Crippen LogP contribution in [0.25, 0.3) is 0 Å². The highest BCUT2D eigenvalue weighted by Gasteiger charge is 1.97. The van der Waals surface area contributed by atoms with Gasteiger partial charge in [-0.3, -0.25) is 0 Å². The van der Waals surface area contributed by atoms with E-state index in [1.807, 2.05) is 13.8 Å². The van der Waals surface area contributed by atoms with Crippen LogP contribution >= 0.6 is 0 Å². The average molecular weight is 146 g/mol. The van der Waals surface area contributed by atoms with Crippen molar-refractivity contribution < 1.29 is 4.74 Å². The molecule has 0 aliphatic heterocycles. The second-order valence-corrected chi connectivity index (χ2v) is 2.26. The first-order valence-corrected chi connectivity index (χ1v) is 3.83. The molecular formula is C7H18N2O. The van der Waals surface area contributed by atoms with Gasteiger partial charge in [0.2, 0.25) is 0 Å². The first-order chi connectivity index (χ1) is 4.81. The van der Waals surface area contributed by atoms with E-state index in [0.29, 0.717) is 12.6 Å². The number of nitrogens with two attached hydrogens (primary N) is 1. The van der Waals surface area contributed by atoms with Crippen LogP contribution in [0, 0.1) is 0 Å². The van der Waals surface area contributed by atoms with E-state index in [-0.39, 0.29) is 0 Å². The summed E-state index contributed by atoms with van der Waals surface area (Å²) in [5, 5.41) is 3.17. The molecule has 10 heavy (non-hydrogen) atoms. The monoisotopic (exact) mass is 146 g/mol. The van der Waals surface area contributed by atoms with Crippen LogP contribution in [-0.2, 0) is 4.74 Å². The Bertz CT molecular complexity index is 68.6. The zero-order valence-corrected chi connectivity index (χ0v) is 6.89. The molecule has 0 saturated heterocycles. The molecule has 3 heteroatoms. The summed E-state index contributed by atoms with van der Waals surface area (Å²) in [6.07, 6.45) is 0.302. The Balaban J connectivity index is 2.97. The van der Waals surface area contributed by atoms with E-state index in [1.54, 1.807) is 0 Å². The fourth-order valence-corrected chi connectivity index (χ4v) is 0.751. The van der Waals surface area contributed by atoms with Gasteiger partial charge in [0.25, 0.3) is 0 Å². The van der Waals surface area contributed by atoms with E-state index in [0.717, 1.165) is 19.7 Å². The zero-order chi connectivity index (χ0) is 7.82. The lowest BCUT2D eigenvalue weighted by molar-refractivity contribution is 0.0764. The summed E-state index contributed by atoms with van der Waals surface area (Å²) in [4.78, 5) is 0. The third kappa shape index (κ3) is 6.01. The molecule has 0 aromatic carbocycles. The largest absolute Gasteiger partial charge is 0.377 e. The van der Waals surface area contributed by atoms with Crippen molar-refractivity contribution in [2.45, 2.75) is 20.0 Å². The van der Waals surface area contributed by atoms with Crippen LogP contribution in [0.3, 0.4) is 0 Å². The first kappa shape index (κ1) is 9.88. The molecule has 0 saturated carbocycles. The van der Waals surface area contributed by atoms with Crippen molar-refractivity contribution in [1.82, 2.24) is 5.32 Å². The summed E-state index contributed by atoms with van der Waals surface area (Å²) >= 11 is 0. The first-order valence-electron chi connectivity index (χ1n) is 3.83. The Hall–Kier alpha value is -0.120. The summed E-state index contributed by atoms with van der Waals surface area (Å²) in [7, 11) is 0. The fraction of sp³-hybridized carbons (Fsp3) is 1.00. The Morgan fingerprint density at radius 3 is 2.80 bits per heavy atom. The summed E-state index contributed by atoms with van der Waals surface area (Å²) in [5.74, 6) is 0. The van der Waals surface area contributed by atoms with E-state index in [2.05, 4.69) is 5.32 Å². The molecule has 62 valence electrons. The molecule has 3 N–H and O–H groups in total. The van der Waals surface area contributed by atoms with Crippen LogP contribution in [0.2, 0.25) is 0 Å². The van der Waals surface area contributed by atoms with Crippen molar-refractivity contribution in [3.05, 3.63) is 0 Å². The van der Waals surface area contributed by atoms with Crippen LogP contribution in [-0.4, -0.2) is 32.3 Å². The van der Waals surface area contributed by atoms with Crippen molar-refractivity contribution in [2.24, 2.45) is 5.73 Å². The van der Waals surface area contributed by atoms with Crippen molar-refractivity contribution in [2.75, 3.05) is 26.2 Å². The standard InChI is InChI=1S/C7H18N2O/c1-3-10-7(2)6-9-5-4-8/h7,9H,3-6,8H2,1-2H3. The maximum absolute atomic E-state index is 5.29. The highest BCUT2D eigenvalue weighted by molar-refractivity contribution is 4.54. The van der Waals surface area contributed by atoms with Crippen LogP contribution in [0.4, 0.5) is 0 Å². The molecule has 0 bridgehead atoms. The van der Waals surface area contributed by atoms with Crippen molar-refractivity contribution in [1.29, 1.82) is 0 Å². The van der Waals surface area contributed by atoms with Gasteiger partial charge in [0.1, 0.15) is 0 Å². The van der Waals surface area contributed by atoms with Gasteiger partial charge in [0, 0.05) is 26.2 Å². The minimum atomic E-state index is 0.302. The molecule has 3 nitrogen and oxygen atoms in total. The Kier molecular flexibility index (Phi) is 6.91. The molecule has 0 heterocycles. The Morgan fingerprint density at radius 1 is 1.60 bits per heavy atom. The average Bonchev–Trinajstić information content (AvgIpc) is 1.89. The summed E-state index contributed by atoms with van der Waals surface area (Å²) in [5.41, 5.74) is 5.29. The molecule has 0 radical (unpaired) electrons. The third-order valence-corrected chi connectivity index (χ3v) is 1.20. The van der Waals surface area contributed by atoms with Gasteiger partial charge in [-0.1, -0.05) is 0 Å². The molecular weight excluding hydrogens is 128 g/mol. The highest BCUT2D eigenvalue weighted by Crippen LogP contribution is 1.85. The molecule has 0 aromatic heterocycles. The molecule has 0 amide bonds. The molecule has 0 spiro atoms. The predicted octanol–water partition coefficient (Wildman–Crippen LogP) is -0.0403. The van der Waals surface area contributed by atoms with Crippen molar-refractivity contribution in [3.8, 4) is 0 Å². The lowest BCUT2D eigenvalue weighted by Crippen LogP contribution is -2.30. The number of ether oxygens (including phenoxy) is 1. The van der Waals surface area contributed by atoms with Crippen LogP contribution in [0.1, 0.15) is 13.8 Å². The maximum atomic E-state index is 5.29. The van der Waals surface area contributed by atoms with Gasteiger partial charge in [-0.25, -0.2) is 0 Å². The van der Waals surface area contributed by atoms with Gasteiger partial charge in [-0.2, -0.15) is 0 Å². The molecule has 0 aliphatic rings. The second-order valence-electron chi connectivity index (χ2n) is 2.26. The SMILES string of the molecule is CCOC(C)CNCCN. The van der Waals surface area contributed by atoms with Gasteiger partial charge in [0.05, 0.1) is 6.10 Å². The van der Waals surface area contributed by atoms with Crippen molar-refractivity contribution >= 4 is 0 Å². The van der Waals surface area contributed by atoms with Gasteiger partial charge in [-0.15, -0.1) is 0 Å². The number of nitrogens with one attached hydrogen (secondary N) is 1. The number of rotatable bonds is 6. The lowest BCUT2D eigenvalue weighted by atomic mass is 10.4. The quantitative estimate of drug-likeness (QED) is 0.517. The van der Waals surface area contributed by atoms with Gasteiger partial charge in [0.15, 0.2) is 0 Å². The van der Waals surface area contributed by atoms with Crippen LogP contribution in [0.15, 0.2) is 0 Å². The van der Waals surface area contributed by atoms with E-state index in [9.17, 15) is 0 Å². The molecule has 0 rings (SSSR count). The van der Waals surface area contributed by atoms with Crippen LogP contribution in [0.5, 0.6) is 0 Å². The van der Waals surface area contributed by atoms with Gasteiger partial charge < -0.3 is 15.8 Å². The molecule has 1 atom stereocenters. The lowest BCUT2D eigenvalue weighted by Gasteiger charge is -2.11. The number of hydrogen-bond donors (Lipinski definition) is 2. The van der Waals surface area contributed by atoms with E-state index < -0.39 is 0 Å². The minimum Gasteiger partial charge on any atom is -0.377 e.